The predicted octanol–water partition coefficient (Wildman–Crippen LogP) is 4.33. The van der Waals surface area contributed by atoms with E-state index in [-0.39, 0.29) is 17.2 Å². The van der Waals surface area contributed by atoms with Crippen molar-refractivity contribution in [2.75, 3.05) is 18.6 Å². The number of ketones is 1. The molecule has 8 nitrogen and oxygen atoms in total. The molecule has 3 aromatic rings. The third kappa shape index (κ3) is 3.95. The quantitative estimate of drug-likeness (QED) is 0.340. The van der Waals surface area contributed by atoms with Crippen molar-refractivity contribution < 1.29 is 28.7 Å². The van der Waals surface area contributed by atoms with Crippen LogP contribution in [0.3, 0.4) is 0 Å². The van der Waals surface area contributed by atoms with Crippen LogP contribution < -0.4 is 14.4 Å². The van der Waals surface area contributed by atoms with Crippen molar-refractivity contribution in [2.24, 2.45) is 0 Å². The predicted molar refractivity (Wildman–Crippen MR) is 121 cm³/mol. The Hall–Kier alpha value is -4.07. The summed E-state index contributed by atoms with van der Waals surface area (Å²) in [6.07, 6.45) is 0. The molecule has 0 bridgehead atoms. The Labute approximate surface area is 191 Å². The summed E-state index contributed by atoms with van der Waals surface area (Å²) in [4.78, 5) is 27.5. The number of aromatic nitrogens is 1. The van der Waals surface area contributed by atoms with Crippen LogP contribution in [0.5, 0.6) is 11.5 Å². The molecule has 1 fully saturated rings. The Kier molecular flexibility index (Phi) is 5.91. The van der Waals surface area contributed by atoms with Crippen LogP contribution in [0.1, 0.15) is 35.4 Å². The smallest absolute Gasteiger partial charge is 0.301 e. The lowest BCUT2D eigenvalue weighted by molar-refractivity contribution is -0.132. The highest BCUT2D eigenvalue weighted by Gasteiger charge is 2.48. The molecule has 1 aromatic heterocycles. The number of methoxy groups -OCH3 is 1. The number of aryl methyl sites for hydroxylation is 2. The van der Waals surface area contributed by atoms with Gasteiger partial charge in [0.1, 0.15) is 23.0 Å². The van der Waals surface area contributed by atoms with Gasteiger partial charge in [0.05, 0.1) is 25.3 Å². The maximum Gasteiger partial charge on any atom is 0.301 e. The zero-order valence-corrected chi connectivity index (χ0v) is 18.8. The van der Waals surface area contributed by atoms with Gasteiger partial charge in [-0.05, 0) is 62.2 Å². The van der Waals surface area contributed by atoms with Crippen LogP contribution in [0.15, 0.2) is 58.6 Å². The molecule has 8 heteroatoms. The lowest BCUT2D eigenvalue weighted by Gasteiger charge is -2.23. The highest BCUT2D eigenvalue weighted by Crippen LogP contribution is 2.42. The first kappa shape index (κ1) is 22.1. The van der Waals surface area contributed by atoms with Crippen molar-refractivity contribution in [3.05, 3.63) is 76.6 Å². The van der Waals surface area contributed by atoms with Crippen LogP contribution in [0.4, 0.5) is 5.82 Å². The minimum absolute atomic E-state index is 0.0330. The molecule has 1 atom stereocenters. The number of carbonyl (C=O) groups excluding carboxylic acids is 2. The molecule has 1 amide bonds. The van der Waals surface area contributed by atoms with E-state index in [4.69, 9.17) is 14.0 Å². The molecule has 4 rings (SSSR count). The number of nitrogens with zero attached hydrogens (tertiary/aromatic N) is 2. The van der Waals surface area contributed by atoms with E-state index >= 15 is 0 Å². The molecule has 2 aromatic carbocycles. The largest absolute Gasteiger partial charge is 0.507 e. The standard InChI is InChI=1S/C25H24N2O6/c1-5-32-18-9-6-16(7-10-18)22-21(23(28)17-8-11-19(31-4)14(2)12-17)24(29)25(30)27(22)20-13-15(3)33-26-20/h6-13,22,28H,5H2,1-4H3/b23-21+/t22-/m1/s1. The summed E-state index contributed by atoms with van der Waals surface area (Å²) >= 11 is 0. The van der Waals surface area contributed by atoms with Crippen molar-refractivity contribution in [1.29, 1.82) is 0 Å². The minimum atomic E-state index is -0.896. The monoisotopic (exact) mass is 448 g/mol. The summed E-state index contributed by atoms with van der Waals surface area (Å²) in [6.45, 7) is 5.91. The number of benzene rings is 2. The number of hydrogen-bond acceptors (Lipinski definition) is 7. The van der Waals surface area contributed by atoms with Gasteiger partial charge in [0.25, 0.3) is 5.78 Å². The fourth-order valence-corrected chi connectivity index (χ4v) is 3.95. The van der Waals surface area contributed by atoms with Crippen LogP contribution in [0.2, 0.25) is 0 Å². The average Bonchev–Trinajstić information content (AvgIpc) is 3.34. The van der Waals surface area contributed by atoms with E-state index in [2.05, 4.69) is 5.16 Å². The van der Waals surface area contributed by atoms with Gasteiger partial charge in [0.15, 0.2) is 5.82 Å². The van der Waals surface area contributed by atoms with E-state index in [1.807, 2.05) is 13.8 Å². The van der Waals surface area contributed by atoms with Gasteiger partial charge in [-0.2, -0.15) is 0 Å². The first-order valence-electron chi connectivity index (χ1n) is 10.5. The van der Waals surface area contributed by atoms with Gasteiger partial charge < -0.3 is 19.1 Å². The van der Waals surface area contributed by atoms with Crippen LogP contribution in [-0.2, 0) is 9.59 Å². The number of ether oxygens (including phenoxy) is 2. The summed E-state index contributed by atoms with van der Waals surface area (Å²) in [7, 11) is 1.55. The van der Waals surface area contributed by atoms with Crippen LogP contribution in [0.25, 0.3) is 5.76 Å². The number of aliphatic hydroxyl groups is 1. The summed E-state index contributed by atoms with van der Waals surface area (Å²) in [5.41, 5.74) is 1.76. The second-order valence-corrected chi connectivity index (χ2v) is 7.65. The maximum atomic E-state index is 13.2. The zero-order valence-electron chi connectivity index (χ0n) is 18.8. The number of amides is 1. The summed E-state index contributed by atoms with van der Waals surface area (Å²) in [5.74, 6) is 0.103. The zero-order chi connectivity index (χ0) is 23.7. The molecule has 0 radical (unpaired) electrons. The van der Waals surface area contributed by atoms with E-state index in [0.29, 0.717) is 35.0 Å². The molecule has 0 unspecified atom stereocenters. The first-order valence-corrected chi connectivity index (χ1v) is 10.5. The van der Waals surface area contributed by atoms with E-state index < -0.39 is 17.7 Å². The van der Waals surface area contributed by atoms with Crippen LogP contribution in [-0.4, -0.2) is 35.7 Å². The molecular formula is C25H24N2O6. The van der Waals surface area contributed by atoms with E-state index in [1.54, 1.807) is 62.6 Å². The average molecular weight is 448 g/mol. The fraction of sp³-hybridized carbons (Fsp3) is 0.240. The third-order valence-electron chi connectivity index (χ3n) is 5.48. The van der Waals surface area contributed by atoms with E-state index in [9.17, 15) is 14.7 Å². The van der Waals surface area contributed by atoms with Crippen molar-refractivity contribution in [2.45, 2.75) is 26.8 Å². The lowest BCUT2D eigenvalue weighted by Crippen LogP contribution is -2.29. The van der Waals surface area contributed by atoms with Gasteiger partial charge in [-0.3, -0.25) is 14.5 Å². The van der Waals surface area contributed by atoms with Gasteiger partial charge in [-0.15, -0.1) is 0 Å². The van der Waals surface area contributed by atoms with Crippen molar-refractivity contribution >= 4 is 23.3 Å². The Morgan fingerprint density at radius 3 is 2.42 bits per heavy atom. The van der Waals surface area contributed by atoms with Gasteiger partial charge in [-0.1, -0.05) is 17.3 Å². The van der Waals surface area contributed by atoms with Crippen molar-refractivity contribution in [1.82, 2.24) is 5.16 Å². The Balaban J connectivity index is 1.89. The number of rotatable bonds is 6. The minimum Gasteiger partial charge on any atom is -0.507 e. The van der Waals surface area contributed by atoms with Gasteiger partial charge in [0.2, 0.25) is 0 Å². The number of aliphatic hydroxyl groups excluding tert-OH is 1. The van der Waals surface area contributed by atoms with E-state index in [1.165, 1.54) is 4.90 Å². The van der Waals surface area contributed by atoms with Crippen molar-refractivity contribution in [3.63, 3.8) is 0 Å². The number of hydrogen-bond donors (Lipinski definition) is 1. The van der Waals surface area contributed by atoms with Gasteiger partial charge in [-0.25, -0.2) is 0 Å². The van der Waals surface area contributed by atoms with E-state index in [0.717, 1.165) is 5.56 Å². The molecule has 2 heterocycles. The Morgan fingerprint density at radius 1 is 1.12 bits per heavy atom. The Bertz CT molecular complexity index is 1240. The SMILES string of the molecule is CCOc1ccc([C@@H]2/C(=C(\O)c3ccc(OC)c(C)c3)C(=O)C(=O)N2c2cc(C)on2)cc1. The van der Waals surface area contributed by atoms with Gasteiger partial charge >= 0.3 is 5.91 Å². The molecule has 1 aliphatic heterocycles. The fourth-order valence-electron chi connectivity index (χ4n) is 3.95. The second-order valence-electron chi connectivity index (χ2n) is 7.65. The number of anilines is 1. The summed E-state index contributed by atoms with van der Waals surface area (Å²) in [6, 6.07) is 12.8. The first-order chi connectivity index (χ1) is 15.8. The highest BCUT2D eigenvalue weighted by molar-refractivity contribution is 6.51. The molecule has 0 spiro atoms. The van der Waals surface area contributed by atoms with Crippen LogP contribution in [0, 0.1) is 13.8 Å². The lowest BCUT2D eigenvalue weighted by atomic mass is 9.94. The molecule has 1 saturated heterocycles. The maximum absolute atomic E-state index is 13.2. The molecule has 0 saturated carbocycles. The third-order valence-corrected chi connectivity index (χ3v) is 5.48. The summed E-state index contributed by atoms with van der Waals surface area (Å²) < 4.78 is 15.9. The molecule has 170 valence electrons. The highest BCUT2D eigenvalue weighted by atomic mass is 16.5. The molecule has 0 aliphatic carbocycles. The van der Waals surface area contributed by atoms with Crippen LogP contribution >= 0.6 is 0 Å². The van der Waals surface area contributed by atoms with Crippen molar-refractivity contribution in [3.8, 4) is 11.5 Å². The number of carbonyl (C=O) groups is 2. The molecule has 1 N–H and O–H groups in total. The molecular weight excluding hydrogens is 424 g/mol. The Morgan fingerprint density at radius 2 is 1.85 bits per heavy atom. The molecule has 1 aliphatic rings. The van der Waals surface area contributed by atoms with Gasteiger partial charge in [0, 0.05) is 11.6 Å². The topological polar surface area (TPSA) is 102 Å². The normalized spacial score (nSPS) is 17.5. The summed E-state index contributed by atoms with van der Waals surface area (Å²) in [5, 5.41) is 15.1. The second kappa shape index (κ2) is 8.82. The number of Topliss-reactive ketones (excluding diaryl/α,β-unsaturated/α-hetero) is 1. The molecule has 33 heavy (non-hydrogen) atoms.